The van der Waals surface area contributed by atoms with Crippen molar-refractivity contribution < 1.29 is 9.53 Å². The van der Waals surface area contributed by atoms with Gasteiger partial charge in [0, 0.05) is 0 Å². The van der Waals surface area contributed by atoms with E-state index in [4.69, 9.17) is 4.74 Å². The number of aryl methyl sites for hydroxylation is 1. The molecule has 0 fully saturated rings. The summed E-state index contributed by atoms with van der Waals surface area (Å²) >= 11 is 0. The molecule has 0 aliphatic carbocycles. The monoisotopic (exact) mass is 215 g/mol. The van der Waals surface area contributed by atoms with Gasteiger partial charge in [-0.05, 0) is 19.1 Å². The first-order valence-electron chi connectivity index (χ1n) is 4.95. The third kappa shape index (κ3) is 1.14. The summed E-state index contributed by atoms with van der Waals surface area (Å²) in [5, 5.41) is 8.01. The van der Waals surface area contributed by atoms with Crippen molar-refractivity contribution in [1.82, 2.24) is 15.0 Å². The number of hydrogen-bond donors (Lipinski definition) is 0. The number of carbonyl (C=O) groups excluding carboxylic acids is 1. The topological polar surface area (TPSA) is 57.0 Å². The van der Waals surface area contributed by atoms with Crippen molar-refractivity contribution in [1.29, 1.82) is 0 Å². The van der Waals surface area contributed by atoms with Crippen LogP contribution in [0.4, 0.5) is 0 Å². The molecular weight excluding hydrogens is 206 g/mol. The standard InChI is InChI=1S/C11H9N3O2/c1-7-10-6-16-11(15)8-4-2-3-5-9(8)14(10)13-12-7/h2-5H,6H2,1H3. The normalized spacial score (nSPS) is 13.7. The minimum atomic E-state index is -0.319. The van der Waals surface area contributed by atoms with E-state index in [0.717, 1.165) is 17.1 Å². The van der Waals surface area contributed by atoms with Gasteiger partial charge in [0.2, 0.25) is 0 Å². The maximum Gasteiger partial charge on any atom is 0.340 e. The number of para-hydroxylation sites is 1. The first-order valence-corrected chi connectivity index (χ1v) is 4.95. The van der Waals surface area contributed by atoms with E-state index in [1.807, 2.05) is 19.1 Å². The number of aromatic nitrogens is 3. The van der Waals surface area contributed by atoms with Gasteiger partial charge in [-0.25, -0.2) is 9.48 Å². The summed E-state index contributed by atoms with van der Waals surface area (Å²) in [4.78, 5) is 11.7. The van der Waals surface area contributed by atoms with Gasteiger partial charge in [-0.3, -0.25) is 0 Å². The summed E-state index contributed by atoms with van der Waals surface area (Å²) in [6, 6.07) is 7.22. The van der Waals surface area contributed by atoms with E-state index >= 15 is 0 Å². The number of fused-ring (bicyclic) bond motifs is 3. The number of cyclic esters (lactones) is 1. The Morgan fingerprint density at radius 1 is 1.38 bits per heavy atom. The SMILES string of the molecule is Cc1nnn2c1COC(=O)c1ccccc1-2. The molecule has 0 unspecified atom stereocenters. The molecular formula is C11H9N3O2. The Labute approximate surface area is 91.6 Å². The molecule has 1 aromatic carbocycles. The second kappa shape index (κ2) is 3.16. The van der Waals surface area contributed by atoms with E-state index in [9.17, 15) is 4.79 Å². The Morgan fingerprint density at radius 3 is 3.06 bits per heavy atom. The molecule has 80 valence electrons. The molecule has 0 bridgehead atoms. The maximum atomic E-state index is 11.7. The van der Waals surface area contributed by atoms with Crippen LogP contribution in [0.3, 0.4) is 0 Å². The quantitative estimate of drug-likeness (QED) is 0.620. The molecule has 3 rings (SSSR count). The molecule has 5 heteroatoms. The lowest BCUT2D eigenvalue weighted by molar-refractivity contribution is 0.0475. The van der Waals surface area contributed by atoms with Gasteiger partial charge in [0.1, 0.15) is 12.3 Å². The lowest BCUT2D eigenvalue weighted by Crippen LogP contribution is -2.04. The van der Waals surface area contributed by atoms with Crippen LogP contribution in [0, 0.1) is 6.92 Å². The number of hydrogen-bond acceptors (Lipinski definition) is 4. The molecule has 5 nitrogen and oxygen atoms in total. The van der Waals surface area contributed by atoms with E-state index < -0.39 is 0 Å². The smallest absolute Gasteiger partial charge is 0.340 e. The Bertz CT molecular complexity index is 574. The molecule has 0 saturated heterocycles. The molecule has 0 saturated carbocycles. The van der Waals surface area contributed by atoms with Crippen molar-refractivity contribution in [3.05, 3.63) is 41.2 Å². The van der Waals surface area contributed by atoms with E-state index in [1.54, 1.807) is 16.8 Å². The number of nitrogens with zero attached hydrogens (tertiary/aromatic N) is 3. The molecule has 0 N–H and O–H groups in total. The fraction of sp³-hybridized carbons (Fsp3) is 0.182. The maximum absolute atomic E-state index is 11.7. The number of rotatable bonds is 0. The molecule has 1 aromatic heterocycles. The van der Waals surface area contributed by atoms with Crippen molar-refractivity contribution in [2.45, 2.75) is 13.5 Å². The van der Waals surface area contributed by atoms with Crippen LogP contribution in [0.5, 0.6) is 0 Å². The molecule has 0 atom stereocenters. The summed E-state index contributed by atoms with van der Waals surface area (Å²) < 4.78 is 6.82. The van der Waals surface area contributed by atoms with Gasteiger partial charge in [0.15, 0.2) is 0 Å². The first-order chi connectivity index (χ1) is 7.77. The molecule has 2 aromatic rings. The highest BCUT2D eigenvalue weighted by molar-refractivity contribution is 5.93. The zero-order valence-corrected chi connectivity index (χ0v) is 8.67. The largest absolute Gasteiger partial charge is 0.455 e. The Kier molecular flexibility index (Phi) is 1.80. The van der Waals surface area contributed by atoms with E-state index in [1.165, 1.54) is 0 Å². The average Bonchev–Trinajstić information content (AvgIpc) is 2.60. The molecule has 2 heterocycles. The van der Waals surface area contributed by atoms with Crippen molar-refractivity contribution in [3.63, 3.8) is 0 Å². The van der Waals surface area contributed by atoms with Crippen LogP contribution in [0.25, 0.3) is 5.69 Å². The number of ether oxygens (including phenoxy) is 1. The van der Waals surface area contributed by atoms with Crippen molar-refractivity contribution in [2.75, 3.05) is 0 Å². The van der Waals surface area contributed by atoms with Gasteiger partial charge in [0.05, 0.1) is 16.9 Å². The highest BCUT2D eigenvalue weighted by Crippen LogP contribution is 2.22. The van der Waals surface area contributed by atoms with Gasteiger partial charge < -0.3 is 4.74 Å². The van der Waals surface area contributed by atoms with Gasteiger partial charge in [0.25, 0.3) is 0 Å². The average molecular weight is 215 g/mol. The van der Waals surface area contributed by atoms with Gasteiger partial charge in [-0.2, -0.15) is 0 Å². The summed E-state index contributed by atoms with van der Waals surface area (Å²) in [5.74, 6) is -0.319. The van der Waals surface area contributed by atoms with Crippen molar-refractivity contribution in [3.8, 4) is 5.69 Å². The molecule has 1 aliphatic heterocycles. The van der Waals surface area contributed by atoms with E-state index in [-0.39, 0.29) is 12.6 Å². The molecule has 16 heavy (non-hydrogen) atoms. The summed E-state index contributed by atoms with van der Waals surface area (Å²) in [6.07, 6.45) is 0. The highest BCUT2D eigenvalue weighted by atomic mass is 16.5. The third-order valence-electron chi connectivity index (χ3n) is 2.65. The zero-order valence-electron chi connectivity index (χ0n) is 8.67. The minimum Gasteiger partial charge on any atom is -0.455 e. The highest BCUT2D eigenvalue weighted by Gasteiger charge is 2.23. The summed E-state index contributed by atoms with van der Waals surface area (Å²) in [5.41, 5.74) is 2.84. The predicted octanol–water partition coefficient (Wildman–Crippen LogP) is 1.25. The van der Waals surface area contributed by atoms with Gasteiger partial charge >= 0.3 is 5.97 Å². The fourth-order valence-corrected chi connectivity index (χ4v) is 1.78. The van der Waals surface area contributed by atoms with Crippen LogP contribution in [-0.4, -0.2) is 21.0 Å². The first kappa shape index (κ1) is 9.08. The van der Waals surface area contributed by atoms with Crippen LogP contribution in [0.15, 0.2) is 24.3 Å². The van der Waals surface area contributed by atoms with Crippen LogP contribution in [-0.2, 0) is 11.3 Å². The number of esters is 1. The number of benzene rings is 1. The lowest BCUT2D eigenvalue weighted by Gasteiger charge is -2.03. The van der Waals surface area contributed by atoms with Gasteiger partial charge in [-0.15, -0.1) is 5.10 Å². The third-order valence-corrected chi connectivity index (χ3v) is 2.65. The Hall–Kier alpha value is -2.17. The van der Waals surface area contributed by atoms with Crippen LogP contribution >= 0.6 is 0 Å². The molecule has 0 spiro atoms. The van der Waals surface area contributed by atoms with Crippen LogP contribution in [0.1, 0.15) is 21.7 Å². The summed E-state index contributed by atoms with van der Waals surface area (Å²) in [7, 11) is 0. The molecule has 0 radical (unpaired) electrons. The zero-order chi connectivity index (χ0) is 11.1. The summed E-state index contributed by atoms with van der Waals surface area (Å²) in [6.45, 7) is 2.06. The molecule has 1 aliphatic rings. The number of carbonyl (C=O) groups is 1. The van der Waals surface area contributed by atoms with Crippen molar-refractivity contribution in [2.24, 2.45) is 0 Å². The minimum absolute atomic E-state index is 0.215. The van der Waals surface area contributed by atoms with E-state index in [0.29, 0.717) is 5.56 Å². The predicted molar refractivity (Wildman–Crippen MR) is 55.2 cm³/mol. The van der Waals surface area contributed by atoms with Crippen LogP contribution in [0.2, 0.25) is 0 Å². The van der Waals surface area contributed by atoms with Crippen molar-refractivity contribution >= 4 is 5.97 Å². The van der Waals surface area contributed by atoms with Crippen LogP contribution < -0.4 is 0 Å². The second-order valence-corrected chi connectivity index (χ2v) is 3.63. The van der Waals surface area contributed by atoms with E-state index in [2.05, 4.69) is 10.3 Å². The Morgan fingerprint density at radius 2 is 2.19 bits per heavy atom. The second-order valence-electron chi connectivity index (χ2n) is 3.63. The Balaban J connectivity index is 2.32. The fourth-order valence-electron chi connectivity index (χ4n) is 1.78. The molecule has 0 amide bonds. The van der Waals surface area contributed by atoms with Gasteiger partial charge in [-0.1, -0.05) is 17.3 Å². The lowest BCUT2D eigenvalue weighted by atomic mass is 10.2.